The van der Waals surface area contributed by atoms with Crippen LogP contribution in [0.4, 0.5) is 0 Å². The molecule has 0 fully saturated rings. The number of hydrogen-bond acceptors (Lipinski definition) is 6. The Morgan fingerprint density at radius 3 is 2.80 bits per heavy atom. The van der Waals surface area contributed by atoms with Crippen LogP contribution in [0.3, 0.4) is 0 Å². The standard InChI is InChI=1S/C13H15N3O4/c1-10-15-13(20-16-10)19-9-12(17)14-7-8-18-11-5-3-2-4-6-11/h2-6H,7-9H2,1H3,(H,14,17). The minimum absolute atomic E-state index is 0.0156. The Morgan fingerprint density at radius 1 is 1.30 bits per heavy atom. The molecule has 1 heterocycles. The van der Waals surface area contributed by atoms with Gasteiger partial charge >= 0.3 is 6.08 Å². The molecule has 1 amide bonds. The van der Waals surface area contributed by atoms with E-state index < -0.39 is 0 Å². The molecule has 1 aromatic heterocycles. The average Bonchev–Trinajstić information content (AvgIpc) is 2.88. The molecular formula is C13H15N3O4. The highest BCUT2D eigenvalue weighted by atomic mass is 16.6. The summed E-state index contributed by atoms with van der Waals surface area (Å²) in [6.07, 6.45) is -0.0156. The summed E-state index contributed by atoms with van der Waals surface area (Å²) in [5.41, 5.74) is 0. The molecule has 0 unspecified atom stereocenters. The van der Waals surface area contributed by atoms with Crippen molar-refractivity contribution in [2.45, 2.75) is 6.92 Å². The molecule has 1 N–H and O–H groups in total. The van der Waals surface area contributed by atoms with Gasteiger partial charge in [0, 0.05) is 0 Å². The van der Waals surface area contributed by atoms with Crippen LogP contribution in [0.1, 0.15) is 5.82 Å². The smallest absolute Gasteiger partial charge is 0.417 e. The molecule has 106 valence electrons. The lowest BCUT2D eigenvalue weighted by molar-refractivity contribution is -0.123. The quantitative estimate of drug-likeness (QED) is 0.758. The van der Waals surface area contributed by atoms with Crippen molar-refractivity contribution in [3.05, 3.63) is 36.2 Å². The van der Waals surface area contributed by atoms with Gasteiger partial charge in [-0.25, -0.2) is 0 Å². The molecule has 2 aromatic rings. The number of para-hydroxylation sites is 1. The molecule has 2 rings (SSSR count). The van der Waals surface area contributed by atoms with Crippen molar-refractivity contribution in [1.82, 2.24) is 15.5 Å². The Kier molecular flexibility index (Phi) is 4.94. The van der Waals surface area contributed by atoms with Crippen LogP contribution >= 0.6 is 0 Å². The zero-order valence-corrected chi connectivity index (χ0v) is 11.0. The summed E-state index contributed by atoms with van der Waals surface area (Å²) >= 11 is 0. The maximum Gasteiger partial charge on any atom is 0.417 e. The van der Waals surface area contributed by atoms with Crippen molar-refractivity contribution in [2.24, 2.45) is 0 Å². The average molecular weight is 277 g/mol. The number of nitrogens with one attached hydrogen (secondary N) is 1. The second-order valence-electron chi connectivity index (χ2n) is 3.91. The summed E-state index contributed by atoms with van der Waals surface area (Å²) in [4.78, 5) is 15.3. The lowest BCUT2D eigenvalue weighted by Crippen LogP contribution is -2.32. The minimum Gasteiger partial charge on any atom is -0.492 e. The SMILES string of the molecule is Cc1noc(OCC(=O)NCCOc2ccccc2)n1. The Morgan fingerprint density at radius 2 is 2.10 bits per heavy atom. The monoisotopic (exact) mass is 277 g/mol. The van der Waals surface area contributed by atoms with Crippen molar-refractivity contribution < 1.29 is 18.8 Å². The van der Waals surface area contributed by atoms with Crippen molar-refractivity contribution in [3.8, 4) is 11.8 Å². The second kappa shape index (κ2) is 7.13. The Hall–Kier alpha value is -2.57. The van der Waals surface area contributed by atoms with Crippen LogP contribution in [0.5, 0.6) is 11.8 Å². The molecule has 0 radical (unpaired) electrons. The fourth-order valence-electron chi connectivity index (χ4n) is 1.39. The number of hydrogen-bond donors (Lipinski definition) is 1. The number of rotatable bonds is 7. The summed E-state index contributed by atoms with van der Waals surface area (Å²) in [5.74, 6) is 0.938. The Balaban J connectivity index is 1.58. The molecule has 0 aliphatic rings. The number of aryl methyl sites for hydroxylation is 1. The number of carbonyl (C=O) groups excluding carboxylic acids is 1. The van der Waals surface area contributed by atoms with Gasteiger partial charge in [-0.3, -0.25) is 9.32 Å². The van der Waals surface area contributed by atoms with E-state index in [0.29, 0.717) is 19.0 Å². The van der Waals surface area contributed by atoms with E-state index in [2.05, 4.69) is 15.5 Å². The van der Waals surface area contributed by atoms with E-state index in [1.165, 1.54) is 0 Å². The van der Waals surface area contributed by atoms with Crippen LogP contribution < -0.4 is 14.8 Å². The zero-order valence-electron chi connectivity index (χ0n) is 11.0. The Labute approximate surface area is 115 Å². The molecule has 20 heavy (non-hydrogen) atoms. The van der Waals surface area contributed by atoms with Crippen LogP contribution in [0, 0.1) is 6.92 Å². The van der Waals surface area contributed by atoms with Gasteiger partial charge in [0.25, 0.3) is 5.91 Å². The first-order valence-corrected chi connectivity index (χ1v) is 6.12. The van der Waals surface area contributed by atoms with Crippen molar-refractivity contribution >= 4 is 5.91 Å². The van der Waals surface area contributed by atoms with Crippen molar-refractivity contribution in [3.63, 3.8) is 0 Å². The lowest BCUT2D eigenvalue weighted by atomic mass is 10.3. The third kappa shape index (κ3) is 4.60. The van der Waals surface area contributed by atoms with Crippen LogP contribution in [0.25, 0.3) is 0 Å². The van der Waals surface area contributed by atoms with Gasteiger partial charge in [-0.15, -0.1) is 0 Å². The molecule has 7 heteroatoms. The molecule has 0 saturated heterocycles. The number of ether oxygens (including phenoxy) is 2. The zero-order chi connectivity index (χ0) is 14.2. The number of benzene rings is 1. The predicted octanol–water partition coefficient (Wildman–Crippen LogP) is 0.952. The van der Waals surface area contributed by atoms with Gasteiger partial charge in [0.05, 0.1) is 6.54 Å². The molecule has 0 atom stereocenters. The third-order valence-corrected chi connectivity index (χ3v) is 2.27. The number of carbonyl (C=O) groups is 1. The highest BCUT2D eigenvalue weighted by Crippen LogP contribution is 2.07. The van der Waals surface area contributed by atoms with E-state index >= 15 is 0 Å². The molecule has 0 aliphatic carbocycles. The lowest BCUT2D eigenvalue weighted by Gasteiger charge is -2.07. The first-order chi connectivity index (χ1) is 9.74. The topological polar surface area (TPSA) is 86.5 Å². The van der Waals surface area contributed by atoms with Gasteiger partial charge < -0.3 is 14.8 Å². The maximum atomic E-state index is 11.5. The van der Waals surface area contributed by atoms with E-state index in [4.69, 9.17) is 14.0 Å². The summed E-state index contributed by atoms with van der Waals surface area (Å²) in [6, 6.07) is 9.37. The first-order valence-electron chi connectivity index (χ1n) is 6.12. The summed E-state index contributed by atoms with van der Waals surface area (Å²) in [5, 5.41) is 6.19. The van der Waals surface area contributed by atoms with Crippen LogP contribution in [-0.2, 0) is 4.79 Å². The fourth-order valence-corrected chi connectivity index (χ4v) is 1.39. The summed E-state index contributed by atoms with van der Waals surface area (Å²) in [7, 11) is 0. The first kappa shape index (κ1) is 13.9. The van der Waals surface area contributed by atoms with E-state index in [0.717, 1.165) is 5.75 Å². The van der Waals surface area contributed by atoms with Gasteiger partial charge in [-0.2, -0.15) is 4.98 Å². The van der Waals surface area contributed by atoms with Crippen molar-refractivity contribution in [1.29, 1.82) is 0 Å². The van der Waals surface area contributed by atoms with Gasteiger partial charge in [-0.1, -0.05) is 23.4 Å². The summed E-state index contributed by atoms with van der Waals surface area (Å²) < 4.78 is 15.1. The fraction of sp³-hybridized carbons (Fsp3) is 0.308. The predicted molar refractivity (Wildman–Crippen MR) is 69.5 cm³/mol. The van der Waals surface area contributed by atoms with E-state index in [-0.39, 0.29) is 18.6 Å². The number of amides is 1. The van der Waals surface area contributed by atoms with Crippen LogP contribution in [-0.4, -0.2) is 35.8 Å². The molecule has 7 nitrogen and oxygen atoms in total. The third-order valence-electron chi connectivity index (χ3n) is 2.27. The van der Waals surface area contributed by atoms with Gasteiger partial charge in [0.15, 0.2) is 12.4 Å². The van der Waals surface area contributed by atoms with E-state index in [9.17, 15) is 4.79 Å². The highest BCUT2D eigenvalue weighted by Gasteiger charge is 2.07. The number of nitrogens with zero attached hydrogens (tertiary/aromatic N) is 2. The molecule has 0 spiro atoms. The molecular weight excluding hydrogens is 262 g/mol. The molecule has 1 aromatic carbocycles. The van der Waals surface area contributed by atoms with Crippen molar-refractivity contribution in [2.75, 3.05) is 19.8 Å². The molecule has 0 aliphatic heterocycles. The highest BCUT2D eigenvalue weighted by molar-refractivity contribution is 5.77. The van der Waals surface area contributed by atoms with Crippen LogP contribution in [0.15, 0.2) is 34.9 Å². The Bertz CT molecular complexity index is 542. The maximum absolute atomic E-state index is 11.5. The molecule has 0 saturated carbocycles. The molecule has 0 bridgehead atoms. The minimum atomic E-state index is -0.280. The van der Waals surface area contributed by atoms with E-state index in [1.54, 1.807) is 6.92 Å². The normalized spacial score (nSPS) is 10.1. The van der Waals surface area contributed by atoms with Crippen LogP contribution in [0.2, 0.25) is 0 Å². The second-order valence-corrected chi connectivity index (χ2v) is 3.91. The van der Waals surface area contributed by atoms with Gasteiger partial charge in [-0.05, 0) is 19.1 Å². The van der Waals surface area contributed by atoms with Gasteiger partial charge in [0.2, 0.25) is 0 Å². The largest absolute Gasteiger partial charge is 0.492 e. The van der Waals surface area contributed by atoms with E-state index in [1.807, 2.05) is 30.3 Å². The van der Waals surface area contributed by atoms with Gasteiger partial charge in [0.1, 0.15) is 12.4 Å². The number of aromatic nitrogens is 2. The summed E-state index contributed by atoms with van der Waals surface area (Å²) in [6.45, 7) is 2.26.